The number of ether oxygens (including phenoxy) is 3. The molecule has 0 aliphatic carbocycles. The van der Waals surface area contributed by atoms with Crippen molar-refractivity contribution in [3.05, 3.63) is 53.6 Å². The fourth-order valence-corrected chi connectivity index (χ4v) is 2.62. The zero-order valence-corrected chi connectivity index (χ0v) is 17.6. The highest BCUT2D eigenvalue weighted by Gasteiger charge is 2.23. The fourth-order valence-electron chi connectivity index (χ4n) is 2.62. The zero-order valence-electron chi connectivity index (χ0n) is 17.6. The topological polar surface area (TPSA) is 97.6 Å². The summed E-state index contributed by atoms with van der Waals surface area (Å²) in [5.74, 6) is 0.259. The summed E-state index contributed by atoms with van der Waals surface area (Å²) >= 11 is 0. The number of methoxy groups -OCH3 is 1. The van der Waals surface area contributed by atoms with Crippen molar-refractivity contribution in [1.29, 1.82) is 5.26 Å². The molecule has 2 aromatic rings. The van der Waals surface area contributed by atoms with Gasteiger partial charge in [0.05, 0.1) is 25.3 Å². The van der Waals surface area contributed by atoms with E-state index in [2.05, 4.69) is 11.4 Å². The third kappa shape index (κ3) is 6.24. The van der Waals surface area contributed by atoms with Gasteiger partial charge in [-0.3, -0.25) is 4.79 Å². The molecule has 30 heavy (non-hydrogen) atoms. The summed E-state index contributed by atoms with van der Waals surface area (Å²) in [6.45, 7) is 5.83. The molecule has 2 rings (SSSR count). The molecular formula is C23H26N2O5. The maximum Gasteiger partial charge on any atom is 0.332 e. The third-order valence-corrected chi connectivity index (χ3v) is 4.33. The minimum absolute atomic E-state index is 0.0291. The molecule has 0 bridgehead atoms. The molecule has 0 amide bonds. The number of anilines is 1. The second-order valence-corrected chi connectivity index (χ2v) is 6.87. The lowest BCUT2D eigenvalue weighted by Crippen LogP contribution is -2.23. The molecule has 0 aliphatic rings. The van der Waals surface area contributed by atoms with Crippen LogP contribution < -0.4 is 14.8 Å². The number of benzene rings is 2. The normalized spacial score (nSPS) is 11.3. The van der Waals surface area contributed by atoms with Crippen molar-refractivity contribution in [3.8, 4) is 17.6 Å². The maximum absolute atomic E-state index is 12.5. The van der Waals surface area contributed by atoms with E-state index in [4.69, 9.17) is 19.5 Å². The van der Waals surface area contributed by atoms with Gasteiger partial charge in [0.1, 0.15) is 18.1 Å². The first kappa shape index (κ1) is 22.8. The van der Waals surface area contributed by atoms with Gasteiger partial charge in [0.2, 0.25) is 0 Å². The number of carbonyl (C=O) groups is 2. The minimum atomic E-state index is -0.841. The number of nitrogens with one attached hydrogen (secondary N) is 1. The second-order valence-electron chi connectivity index (χ2n) is 6.87. The van der Waals surface area contributed by atoms with E-state index < -0.39 is 12.0 Å². The number of carbonyl (C=O) groups excluding carboxylic acids is 2. The highest BCUT2D eigenvalue weighted by atomic mass is 16.5. The number of esters is 1. The molecular weight excluding hydrogens is 384 g/mol. The number of hydrogen-bond donors (Lipinski definition) is 1. The van der Waals surface area contributed by atoms with Crippen LogP contribution in [-0.4, -0.2) is 32.1 Å². The Morgan fingerprint density at radius 2 is 1.70 bits per heavy atom. The molecule has 0 aliphatic heterocycles. The number of nitrogens with zero attached hydrogens (tertiary/aromatic N) is 1. The van der Waals surface area contributed by atoms with Crippen LogP contribution in [0.2, 0.25) is 0 Å². The fraction of sp³-hybridized carbons (Fsp3) is 0.348. The van der Waals surface area contributed by atoms with Gasteiger partial charge in [-0.1, -0.05) is 13.8 Å². The SMILES string of the molecule is CCOc1cc(OCC(=O)C(C)C)cc(C(Nc2ccc(C#N)cc2)C(=O)OC)c1. The number of ketones is 1. The Labute approximate surface area is 176 Å². The summed E-state index contributed by atoms with van der Waals surface area (Å²) < 4.78 is 16.2. The van der Waals surface area contributed by atoms with E-state index in [1.54, 1.807) is 42.5 Å². The largest absolute Gasteiger partial charge is 0.494 e. The smallest absolute Gasteiger partial charge is 0.332 e. The van der Waals surface area contributed by atoms with Crippen LogP contribution in [-0.2, 0) is 14.3 Å². The van der Waals surface area contributed by atoms with Gasteiger partial charge in [-0.2, -0.15) is 5.26 Å². The summed E-state index contributed by atoms with van der Waals surface area (Å²) in [4.78, 5) is 24.4. The van der Waals surface area contributed by atoms with Crippen molar-refractivity contribution < 1.29 is 23.8 Å². The lowest BCUT2D eigenvalue weighted by molar-refractivity contribution is -0.141. The molecule has 7 nitrogen and oxygen atoms in total. The van der Waals surface area contributed by atoms with Gasteiger partial charge >= 0.3 is 5.97 Å². The first-order chi connectivity index (χ1) is 14.4. The van der Waals surface area contributed by atoms with Gasteiger partial charge < -0.3 is 19.5 Å². The summed E-state index contributed by atoms with van der Waals surface area (Å²) in [6.07, 6.45) is 0. The molecule has 1 atom stereocenters. The van der Waals surface area contributed by atoms with Crippen molar-refractivity contribution >= 4 is 17.4 Å². The van der Waals surface area contributed by atoms with Crippen molar-refractivity contribution in [3.63, 3.8) is 0 Å². The molecule has 1 unspecified atom stereocenters. The van der Waals surface area contributed by atoms with Crippen molar-refractivity contribution in [2.75, 3.05) is 25.6 Å². The van der Waals surface area contributed by atoms with Gasteiger partial charge in [0.25, 0.3) is 0 Å². The van der Waals surface area contributed by atoms with E-state index in [-0.39, 0.29) is 18.3 Å². The molecule has 1 N–H and O–H groups in total. The number of Topliss-reactive ketones (excluding diaryl/α,β-unsaturated/α-hetero) is 1. The van der Waals surface area contributed by atoms with Crippen LogP contribution >= 0.6 is 0 Å². The second kappa shape index (κ2) is 10.9. The molecule has 0 saturated heterocycles. The predicted molar refractivity (Wildman–Crippen MR) is 112 cm³/mol. The molecule has 0 aromatic heterocycles. The summed E-state index contributed by atoms with van der Waals surface area (Å²) in [7, 11) is 1.31. The lowest BCUT2D eigenvalue weighted by Gasteiger charge is -2.20. The first-order valence-corrected chi connectivity index (χ1v) is 9.65. The van der Waals surface area contributed by atoms with Crippen molar-refractivity contribution in [2.45, 2.75) is 26.8 Å². The van der Waals surface area contributed by atoms with Crippen LogP contribution in [0.3, 0.4) is 0 Å². The van der Waals surface area contributed by atoms with Gasteiger partial charge in [0, 0.05) is 17.7 Å². The zero-order chi connectivity index (χ0) is 22.1. The van der Waals surface area contributed by atoms with Crippen LogP contribution in [0.15, 0.2) is 42.5 Å². The lowest BCUT2D eigenvalue weighted by atomic mass is 10.0. The molecule has 0 saturated carbocycles. The summed E-state index contributed by atoms with van der Waals surface area (Å²) in [5, 5.41) is 12.1. The van der Waals surface area contributed by atoms with E-state index in [1.165, 1.54) is 7.11 Å². The highest BCUT2D eigenvalue weighted by molar-refractivity contribution is 5.82. The van der Waals surface area contributed by atoms with Crippen LogP contribution in [0.1, 0.15) is 37.9 Å². The van der Waals surface area contributed by atoms with Gasteiger partial charge in [-0.15, -0.1) is 0 Å². The van der Waals surface area contributed by atoms with E-state index in [0.717, 1.165) is 0 Å². The molecule has 158 valence electrons. The summed E-state index contributed by atoms with van der Waals surface area (Å²) in [6, 6.07) is 13.0. The van der Waals surface area contributed by atoms with Gasteiger partial charge in [-0.25, -0.2) is 4.79 Å². The Bertz CT molecular complexity index is 916. The van der Waals surface area contributed by atoms with Crippen LogP contribution in [0.25, 0.3) is 0 Å². The third-order valence-electron chi connectivity index (χ3n) is 4.33. The number of nitriles is 1. The Kier molecular flexibility index (Phi) is 8.24. The van der Waals surface area contributed by atoms with E-state index >= 15 is 0 Å². The van der Waals surface area contributed by atoms with Crippen molar-refractivity contribution in [2.24, 2.45) is 5.92 Å². The van der Waals surface area contributed by atoms with E-state index in [1.807, 2.05) is 20.8 Å². The van der Waals surface area contributed by atoms with Crippen LogP contribution in [0.5, 0.6) is 11.5 Å². The standard InChI is InChI=1S/C23H26N2O5/c1-5-29-19-10-17(11-20(12-19)30-14-21(26)15(2)3)22(23(27)28-4)25-18-8-6-16(13-24)7-9-18/h6-12,15,22,25H,5,14H2,1-4H3. The van der Waals surface area contributed by atoms with Gasteiger partial charge in [0.15, 0.2) is 11.8 Å². The van der Waals surface area contributed by atoms with Gasteiger partial charge in [-0.05, 0) is 48.9 Å². The van der Waals surface area contributed by atoms with Crippen LogP contribution in [0.4, 0.5) is 5.69 Å². The molecule has 2 aromatic carbocycles. The van der Waals surface area contributed by atoms with Crippen LogP contribution in [0, 0.1) is 17.2 Å². The minimum Gasteiger partial charge on any atom is -0.494 e. The number of hydrogen-bond acceptors (Lipinski definition) is 7. The Morgan fingerprint density at radius 1 is 1.07 bits per heavy atom. The Hall–Kier alpha value is -3.53. The first-order valence-electron chi connectivity index (χ1n) is 9.65. The quantitative estimate of drug-likeness (QED) is 0.594. The highest BCUT2D eigenvalue weighted by Crippen LogP contribution is 2.30. The number of rotatable bonds is 10. The van der Waals surface area contributed by atoms with E-state index in [9.17, 15) is 9.59 Å². The Balaban J connectivity index is 2.36. The maximum atomic E-state index is 12.5. The Morgan fingerprint density at radius 3 is 2.23 bits per heavy atom. The summed E-state index contributed by atoms with van der Waals surface area (Å²) in [5.41, 5.74) is 1.71. The molecule has 7 heteroatoms. The molecule has 0 spiro atoms. The monoisotopic (exact) mass is 410 g/mol. The average Bonchev–Trinajstić information content (AvgIpc) is 2.75. The van der Waals surface area contributed by atoms with E-state index in [0.29, 0.717) is 34.9 Å². The predicted octanol–water partition coefficient (Wildman–Crippen LogP) is 3.89. The molecule has 0 heterocycles. The molecule has 0 fully saturated rings. The molecule has 0 radical (unpaired) electrons. The van der Waals surface area contributed by atoms with Crippen molar-refractivity contribution in [1.82, 2.24) is 0 Å². The average molecular weight is 410 g/mol.